The van der Waals surface area contributed by atoms with Gasteiger partial charge in [-0.3, -0.25) is 39.4 Å². The average Bonchev–Trinajstić information content (AvgIpc) is 3.04. The van der Waals surface area contributed by atoms with Crippen molar-refractivity contribution in [1.82, 2.24) is 21.3 Å². The molecule has 53 heavy (non-hydrogen) atoms. The zero-order valence-corrected chi connectivity index (χ0v) is 33.8. The highest BCUT2D eigenvalue weighted by atomic mass is 16.5. The van der Waals surface area contributed by atoms with Crippen LogP contribution < -0.4 is 21.3 Å². The fourth-order valence-electron chi connectivity index (χ4n) is 4.43. The monoisotopic (exact) mass is 760 g/mol. The summed E-state index contributed by atoms with van der Waals surface area (Å²) in [4.78, 5) is 73.2. The number of nitrogens with one attached hydrogen (secondary N) is 4. The maximum absolute atomic E-state index is 13.1. The van der Waals surface area contributed by atoms with Crippen LogP contribution >= 0.6 is 0 Å². The third kappa shape index (κ3) is 27.3. The molecule has 0 unspecified atom stereocenters. The quantitative estimate of drug-likeness (QED) is 0.0522. The van der Waals surface area contributed by atoms with Gasteiger partial charge < -0.3 is 39.4 Å². The van der Waals surface area contributed by atoms with Crippen molar-refractivity contribution in [2.75, 3.05) is 72.6 Å². The molecule has 2 amide bonds. The van der Waals surface area contributed by atoms with Gasteiger partial charge in [0.15, 0.2) is 5.78 Å². The molecule has 5 N–H and O–H groups in total. The van der Waals surface area contributed by atoms with Gasteiger partial charge in [-0.2, -0.15) is 0 Å². The average molecular weight is 761 g/mol. The highest BCUT2D eigenvalue weighted by Gasteiger charge is 2.32. The van der Waals surface area contributed by atoms with E-state index in [2.05, 4.69) is 21.3 Å². The Morgan fingerprint density at radius 3 is 1.64 bits per heavy atom. The van der Waals surface area contributed by atoms with Gasteiger partial charge in [-0.25, -0.2) is 0 Å². The molecule has 0 heterocycles. The third-order valence-corrected chi connectivity index (χ3v) is 7.49. The zero-order chi connectivity index (χ0) is 40.7. The van der Waals surface area contributed by atoms with E-state index in [0.717, 1.165) is 0 Å². The van der Waals surface area contributed by atoms with Gasteiger partial charge in [0.25, 0.3) is 0 Å². The van der Waals surface area contributed by atoms with E-state index in [1.807, 2.05) is 34.6 Å². The van der Waals surface area contributed by atoms with Crippen molar-refractivity contribution in [3.8, 4) is 0 Å². The SMILES string of the molecule is CC(C)C(=O)COCCOCCNC(=O)COCCOCCNC(=O)CC[C@H](NC(C)(C)C)C(=O)OCC(C)(C)N[C@@H](CCC(=O)C(C)(C)C)C(=O)O. The molecule has 308 valence electrons. The highest BCUT2D eigenvalue weighted by Crippen LogP contribution is 2.19. The summed E-state index contributed by atoms with van der Waals surface area (Å²) in [6.45, 7) is 20.0. The molecule has 0 spiro atoms. The number of Topliss-reactive ketones (excluding diaryl/α,β-unsaturated/α-hetero) is 2. The van der Waals surface area contributed by atoms with Crippen LogP contribution in [-0.4, -0.2) is 136 Å². The van der Waals surface area contributed by atoms with Crippen molar-refractivity contribution in [1.29, 1.82) is 0 Å². The van der Waals surface area contributed by atoms with Crippen LogP contribution in [0.2, 0.25) is 0 Å². The van der Waals surface area contributed by atoms with Crippen LogP contribution in [0.1, 0.15) is 94.9 Å². The van der Waals surface area contributed by atoms with E-state index in [9.17, 15) is 33.9 Å². The molecule has 0 saturated heterocycles. The fourth-order valence-corrected chi connectivity index (χ4v) is 4.43. The Kier molecular flexibility index (Phi) is 24.4. The molecular formula is C37H68N4O12. The van der Waals surface area contributed by atoms with Crippen molar-refractivity contribution in [3.05, 3.63) is 0 Å². The Hall–Kier alpha value is -3.02. The number of amides is 2. The van der Waals surface area contributed by atoms with Crippen LogP contribution in [0.15, 0.2) is 0 Å². The first-order valence-corrected chi connectivity index (χ1v) is 18.4. The Morgan fingerprint density at radius 2 is 1.13 bits per heavy atom. The number of ketones is 2. The van der Waals surface area contributed by atoms with Gasteiger partial charge in [-0.15, -0.1) is 0 Å². The molecule has 0 aliphatic rings. The lowest BCUT2D eigenvalue weighted by atomic mass is 9.87. The summed E-state index contributed by atoms with van der Waals surface area (Å²) in [5.74, 6) is -2.30. The number of carboxylic acid groups (broad SMARTS) is 1. The molecule has 2 atom stereocenters. The van der Waals surface area contributed by atoms with E-state index in [4.69, 9.17) is 23.7 Å². The van der Waals surface area contributed by atoms with E-state index in [1.54, 1.807) is 34.6 Å². The number of carboxylic acids is 1. The van der Waals surface area contributed by atoms with Crippen molar-refractivity contribution in [3.63, 3.8) is 0 Å². The number of hydrogen-bond donors (Lipinski definition) is 5. The lowest BCUT2D eigenvalue weighted by Gasteiger charge is -2.32. The molecule has 0 aliphatic heterocycles. The van der Waals surface area contributed by atoms with E-state index >= 15 is 0 Å². The van der Waals surface area contributed by atoms with Gasteiger partial charge in [0.05, 0.1) is 39.6 Å². The summed E-state index contributed by atoms with van der Waals surface area (Å²) < 4.78 is 26.9. The van der Waals surface area contributed by atoms with E-state index in [-0.39, 0.29) is 101 Å². The number of carbonyl (C=O) groups excluding carboxylic acids is 5. The second-order valence-corrected chi connectivity index (χ2v) is 15.9. The number of carbonyl (C=O) groups is 6. The smallest absolute Gasteiger partial charge is 0.323 e. The van der Waals surface area contributed by atoms with Gasteiger partial charge in [0, 0.05) is 48.3 Å². The summed E-state index contributed by atoms with van der Waals surface area (Å²) in [7, 11) is 0. The molecule has 0 aromatic carbocycles. The maximum atomic E-state index is 13.1. The van der Waals surface area contributed by atoms with Crippen LogP contribution in [0.5, 0.6) is 0 Å². The lowest BCUT2D eigenvalue weighted by Crippen LogP contribution is -2.54. The molecular weight excluding hydrogens is 692 g/mol. The summed E-state index contributed by atoms with van der Waals surface area (Å²) >= 11 is 0. The Morgan fingerprint density at radius 1 is 0.623 bits per heavy atom. The minimum Gasteiger partial charge on any atom is -0.480 e. The lowest BCUT2D eigenvalue weighted by molar-refractivity contribution is -0.149. The highest BCUT2D eigenvalue weighted by molar-refractivity contribution is 5.84. The van der Waals surface area contributed by atoms with Crippen LogP contribution in [0.4, 0.5) is 0 Å². The summed E-state index contributed by atoms with van der Waals surface area (Å²) in [6.07, 6.45) is 0.416. The first-order valence-electron chi connectivity index (χ1n) is 18.4. The Bertz CT molecular complexity index is 1130. The first kappa shape index (κ1) is 50.0. The zero-order valence-electron chi connectivity index (χ0n) is 33.8. The number of ether oxygens (including phenoxy) is 5. The van der Waals surface area contributed by atoms with Gasteiger partial charge >= 0.3 is 11.9 Å². The molecule has 0 aromatic heterocycles. The van der Waals surface area contributed by atoms with E-state index < -0.39 is 40.5 Å². The topological polar surface area (TPSA) is 217 Å². The molecule has 0 rings (SSSR count). The van der Waals surface area contributed by atoms with Crippen molar-refractivity contribution < 1.29 is 57.6 Å². The standard InChI is InChI=1S/C37H68N4O12/c1-26(2)29(42)23-51-21-19-50-18-16-39-32(45)24-52-22-20-49-17-15-38-31(44)14-12-28(40-36(6,7)8)34(48)53-25-37(9,10)41-27(33(46)47)11-13-30(43)35(3,4)5/h26-28,40-41H,11-25H2,1-10H3,(H,38,44)(H,39,45)(H,46,47)/t27-,28-/m0/s1. The molecule has 0 aromatic rings. The molecule has 0 fully saturated rings. The summed E-state index contributed by atoms with van der Waals surface area (Å²) in [5.41, 5.74) is -1.94. The van der Waals surface area contributed by atoms with Gasteiger partial charge in [-0.05, 0) is 47.5 Å². The molecule has 0 bridgehead atoms. The van der Waals surface area contributed by atoms with E-state index in [0.29, 0.717) is 26.4 Å². The largest absolute Gasteiger partial charge is 0.480 e. The predicted molar refractivity (Wildman–Crippen MR) is 198 cm³/mol. The number of rotatable bonds is 30. The molecule has 16 nitrogen and oxygen atoms in total. The van der Waals surface area contributed by atoms with E-state index in [1.165, 1.54) is 0 Å². The Labute approximate surface area is 315 Å². The van der Waals surface area contributed by atoms with Crippen molar-refractivity contribution in [2.24, 2.45) is 11.3 Å². The molecule has 0 aliphatic carbocycles. The molecule has 16 heteroatoms. The predicted octanol–water partition coefficient (Wildman–Crippen LogP) is 1.81. The van der Waals surface area contributed by atoms with Crippen LogP contribution in [0, 0.1) is 11.3 Å². The van der Waals surface area contributed by atoms with Gasteiger partial charge in [0.2, 0.25) is 11.8 Å². The molecule has 0 saturated carbocycles. The first-order chi connectivity index (χ1) is 24.5. The third-order valence-electron chi connectivity index (χ3n) is 7.49. The maximum Gasteiger partial charge on any atom is 0.323 e. The number of hydrogen-bond acceptors (Lipinski definition) is 13. The minimum atomic E-state index is -1.10. The summed E-state index contributed by atoms with van der Waals surface area (Å²) in [5, 5.41) is 21.3. The van der Waals surface area contributed by atoms with Gasteiger partial charge in [-0.1, -0.05) is 34.6 Å². The second kappa shape index (κ2) is 25.9. The van der Waals surface area contributed by atoms with Crippen molar-refractivity contribution in [2.45, 2.75) is 118 Å². The normalized spacial score (nSPS) is 13.3. The number of aliphatic carboxylic acids is 1. The van der Waals surface area contributed by atoms with Crippen LogP contribution in [0.3, 0.4) is 0 Å². The molecule has 0 radical (unpaired) electrons. The number of esters is 1. The van der Waals surface area contributed by atoms with Crippen LogP contribution in [-0.2, 0) is 52.5 Å². The second-order valence-electron chi connectivity index (χ2n) is 15.9. The van der Waals surface area contributed by atoms with Gasteiger partial charge in [0.1, 0.15) is 37.7 Å². The van der Waals surface area contributed by atoms with Crippen molar-refractivity contribution >= 4 is 35.3 Å². The van der Waals surface area contributed by atoms with Crippen LogP contribution in [0.25, 0.3) is 0 Å². The minimum absolute atomic E-state index is 0.0358. The Balaban J connectivity index is 4.37. The summed E-state index contributed by atoms with van der Waals surface area (Å²) in [6, 6.07) is -1.80. The fraction of sp³-hybridized carbons (Fsp3) is 0.838.